The van der Waals surface area contributed by atoms with E-state index >= 15 is 0 Å². The summed E-state index contributed by atoms with van der Waals surface area (Å²) in [5, 5.41) is 9.01. The first-order chi connectivity index (χ1) is 16.4. The highest BCUT2D eigenvalue weighted by Crippen LogP contribution is 2.27. The number of ether oxygens (including phenoxy) is 3. The molecule has 2 rings (SSSR count). The van der Waals surface area contributed by atoms with Crippen LogP contribution in [0.2, 0.25) is 0 Å². The number of para-hydroxylation sites is 1. The van der Waals surface area contributed by atoms with Crippen LogP contribution in [-0.4, -0.2) is 56.9 Å². The van der Waals surface area contributed by atoms with E-state index in [0.29, 0.717) is 42.3 Å². The fraction of sp³-hybridized carbons (Fsp3) is 0.333. The molecule has 0 bridgehead atoms. The Labute approximate surface area is 198 Å². The number of hydrogen-bond acceptors (Lipinski definition) is 7. The van der Waals surface area contributed by atoms with Gasteiger partial charge in [0.1, 0.15) is 0 Å². The number of carbonyl (C=O) groups excluding carboxylic acids is 3. The zero-order chi connectivity index (χ0) is 24.8. The molecule has 0 atom stereocenters. The van der Waals surface area contributed by atoms with Gasteiger partial charge in [0, 0.05) is 18.8 Å². The highest BCUT2D eigenvalue weighted by atomic mass is 16.5. The molecular weight excluding hydrogens is 440 g/mol. The Morgan fingerprint density at radius 2 is 1.79 bits per heavy atom. The minimum Gasteiger partial charge on any atom is -0.493 e. The van der Waals surface area contributed by atoms with Gasteiger partial charge in [0.05, 0.1) is 19.4 Å². The first-order valence-corrected chi connectivity index (χ1v) is 10.8. The number of hydrazone groups is 1. The van der Waals surface area contributed by atoms with Crippen LogP contribution in [0.15, 0.2) is 53.6 Å². The van der Waals surface area contributed by atoms with Crippen LogP contribution in [-0.2, 0) is 19.1 Å². The molecule has 2 aromatic rings. The van der Waals surface area contributed by atoms with Gasteiger partial charge >= 0.3 is 11.8 Å². The largest absolute Gasteiger partial charge is 0.493 e. The van der Waals surface area contributed by atoms with Crippen molar-refractivity contribution < 1.29 is 28.6 Å². The maximum absolute atomic E-state index is 12.1. The van der Waals surface area contributed by atoms with E-state index in [9.17, 15) is 14.4 Å². The lowest BCUT2D eigenvalue weighted by Crippen LogP contribution is -2.38. The Balaban J connectivity index is 1.80. The second-order valence-corrected chi connectivity index (χ2v) is 7.34. The first kappa shape index (κ1) is 26.3. The molecule has 2 aromatic carbocycles. The molecule has 0 saturated carbocycles. The maximum atomic E-state index is 12.1. The summed E-state index contributed by atoms with van der Waals surface area (Å²) >= 11 is 0. The molecule has 0 aromatic heterocycles. The van der Waals surface area contributed by atoms with Gasteiger partial charge in [-0.15, -0.1) is 0 Å². The van der Waals surface area contributed by atoms with Crippen LogP contribution < -0.4 is 25.5 Å². The molecule has 10 nitrogen and oxygen atoms in total. The minimum absolute atomic E-state index is 0.117. The smallest absolute Gasteiger partial charge is 0.329 e. The van der Waals surface area contributed by atoms with E-state index in [0.717, 1.165) is 0 Å². The van der Waals surface area contributed by atoms with E-state index in [-0.39, 0.29) is 18.6 Å². The van der Waals surface area contributed by atoms with Gasteiger partial charge in [-0.3, -0.25) is 14.4 Å². The zero-order valence-corrected chi connectivity index (χ0v) is 19.5. The fourth-order valence-corrected chi connectivity index (χ4v) is 2.64. The number of hydrogen-bond donors (Lipinski definition) is 3. The molecule has 0 aliphatic heterocycles. The van der Waals surface area contributed by atoms with E-state index in [1.54, 1.807) is 30.3 Å². The van der Waals surface area contributed by atoms with Gasteiger partial charge in [-0.05, 0) is 56.2 Å². The Bertz CT molecular complexity index is 979. The molecule has 0 saturated heterocycles. The Morgan fingerprint density at radius 1 is 1.03 bits per heavy atom. The second kappa shape index (κ2) is 14.3. The van der Waals surface area contributed by atoms with E-state index < -0.39 is 11.8 Å². The van der Waals surface area contributed by atoms with Gasteiger partial charge in [-0.25, -0.2) is 5.43 Å². The number of amides is 3. The number of carbonyl (C=O) groups is 3. The van der Waals surface area contributed by atoms with Crippen molar-refractivity contribution in [2.24, 2.45) is 5.10 Å². The molecule has 34 heavy (non-hydrogen) atoms. The van der Waals surface area contributed by atoms with Gasteiger partial charge < -0.3 is 24.8 Å². The van der Waals surface area contributed by atoms with Crippen molar-refractivity contribution in [3.63, 3.8) is 0 Å². The van der Waals surface area contributed by atoms with Crippen molar-refractivity contribution >= 4 is 29.6 Å². The lowest BCUT2D eigenvalue weighted by molar-refractivity contribution is -0.139. The van der Waals surface area contributed by atoms with Crippen LogP contribution in [0.3, 0.4) is 0 Å². The summed E-state index contributed by atoms with van der Waals surface area (Å²) in [5.74, 6) is -1.22. The molecule has 3 amide bonds. The SMILES string of the molecule is COc1cc(/C=N\NC(=O)C(=O)NCCCOC(C)C)ccc1OCC(=O)Nc1ccccc1. The standard InChI is InChI=1S/C24H30N4O6/c1-17(2)33-13-7-12-25-23(30)24(31)28-26-15-18-10-11-20(21(14-18)32-3)34-16-22(29)27-19-8-5-4-6-9-19/h4-6,8-11,14-15,17H,7,12-13,16H2,1-3H3,(H,25,30)(H,27,29)(H,28,31)/b26-15-. The topological polar surface area (TPSA) is 127 Å². The summed E-state index contributed by atoms with van der Waals surface area (Å²) in [7, 11) is 1.46. The number of rotatable bonds is 12. The maximum Gasteiger partial charge on any atom is 0.329 e. The van der Waals surface area contributed by atoms with Gasteiger partial charge in [0.15, 0.2) is 18.1 Å². The Hall–Kier alpha value is -3.92. The van der Waals surface area contributed by atoms with E-state index in [1.165, 1.54) is 13.3 Å². The van der Waals surface area contributed by atoms with Crippen molar-refractivity contribution in [3.05, 3.63) is 54.1 Å². The third kappa shape index (κ3) is 9.70. The number of anilines is 1. The molecule has 0 aliphatic rings. The number of benzene rings is 2. The van der Waals surface area contributed by atoms with E-state index in [2.05, 4.69) is 21.2 Å². The van der Waals surface area contributed by atoms with Crippen molar-refractivity contribution in [2.45, 2.75) is 26.4 Å². The quantitative estimate of drug-likeness (QED) is 0.189. The van der Waals surface area contributed by atoms with Gasteiger partial charge in [-0.2, -0.15) is 5.10 Å². The summed E-state index contributed by atoms with van der Waals surface area (Å²) in [6.45, 7) is 4.47. The predicted octanol–water partition coefficient (Wildman–Crippen LogP) is 2.09. The predicted molar refractivity (Wildman–Crippen MR) is 128 cm³/mol. The Kier molecular flexibility index (Phi) is 11.1. The normalized spacial score (nSPS) is 10.7. The summed E-state index contributed by atoms with van der Waals surface area (Å²) < 4.78 is 16.2. The lowest BCUT2D eigenvalue weighted by Gasteiger charge is -2.11. The number of nitrogens with zero attached hydrogens (tertiary/aromatic N) is 1. The average molecular weight is 471 g/mol. The van der Waals surface area contributed by atoms with E-state index in [4.69, 9.17) is 14.2 Å². The van der Waals surface area contributed by atoms with Gasteiger partial charge in [0.2, 0.25) is 0 Å². The molecule has 0 fully saturated rings. The monoisotopic (exact) mass is 470 g/mol. The third-order valence-corrected chi connectivity index (χ3v) is 4.25. The van der Waals surface area contributed by atoms with Crippen LogP contribution in [0.4, 0.5) is 5.69 Å². The van der Waals surface area contributed by atoms with Gasteiger partial charge in [-0.1, -0.05) is 18.2 Å². The third-order valence-electron chi connectivity index (χ3n) is 4.25. The lowest BCUT2D eigenvalue weighted by atomic mass is 10.2. The summed E-state index contributed by atoms with van der Waals surface area (Å²) in [5.41, 5.74) is 3.43. The first-order valence-electron chi connectivity index (χ1n) is 10.8. The summed E-state index contributed by atoms with van der Waals surface area (Å²) in [6, 6.07) is 13.9. The van der Waals surface area contributed by atoms with Crippen molar-refractivity contribution in [2.75, 3.05) is 32.2 Å². The molecule has 0 heterocycles. The van der Waals surface area contributed by atoms with Crippen LogP contribution in [0.25, 0.3) is 0 Å². The number of methoxy groups -OCH3 is 1. The molecule has 10 heteroatoms. The van der Waals surface area contributed by atoms with Crippen LogP contribution in [0.1, 0.15) is 25.8 Å². The highest BCUT2D eigenvalue weighted by Gasteiger charge is 2.12. The molecule has 0 radical (unpaired) electrons. The van der Waals surface area contributed by atoms with Crippen molar-refractivity contribution in [1.29, 1.82) is 0 Å². The molecular formula is C24H30N4O6. The van der Waals surface area contributed by atoms with Crippen LogP contribution >= 0.6 is 0 Å². The second-order valence-electron chi connectivity index (χ2n) is 7.34. The number of nitrogens with one attached hydrogen (secondary N) is 3. The molecule has 0 unspecified atom stereocenters. The average Bonchev–Trinajstić information content (AvgIpc) is 2.83. The summed E-state index contributed by atoms with van der Waals surface area (Å²) in [6.07, 6.45) is 2.07. The molecule has 182 valence electrons. The molecule has 0 aliphatic carbocycles. The van der Waals surface area contributed by atoms with E-state index in [1.807, 2.05) is 32.0 Å². The van der Waals surface area contributed by atoms with Crippen LogP contribution in [0.5, 0.6) is 11.5 Å². The summed E-state index contributed by atoms with van der Waals surface area (Å²) in [4.78, 5) is 35.6. The van der Waals surface area contributed by atoms with Crippen molar-refractivity contribution in [3.8, 4) is 11.5 Å². The molecule has 3 N–H and O–H groups in total. The fourth-order valence-electron chi connectivity index (χ4n) is 2.64. The van der Waals surface area contributed by atoms with Crippen molar-refractivity contribution in [1.82, 2.24) is 10.7 Å². The van der Waals surface area contributed by atoms with Gasteiger partial charge in [0.25, 0.3) is 5.91 Å². The zero-order valence-electron chi connectivity index (χ0n) is 19.5. The highest BCUT2D eigenvalue weighted by molar-refractivity contribution is 6.35. The Morgan fingerprint density at radius 3 is 2.50 bits per heavy atom. The minimum atomic E-state index is -0.877. The van der Waals surface area contributed by atoms with Crippen LogP contribution in [0, 0.1) is 0 Å². The molecule has 0 spiro atoms.